The van der Waals surface area contributed by atoms with Crippen LogP contribution < -0.4 is 10.6 Å². The Labute approximate surface area is 102 Å². The summed E-state index contributed by atoms with van der Waals surface area (Å²) in [5.74, 6) is 0.290. The van der Waals surface area contributed by atoms with Gasteiger partial charge in [-0.05, 0) is 31.0 Å². The maximum Gasteiger partial charge on any atom is 0.216 e. The van der Waals surface area contributed by atoms with Crippen LogP contribution in [0.3, 0.4) is 0 Å². The van der Waals surface area contributed by atoms with Gasteiger partial charge in [-0.25, -0.2) is 0 Å². The molecule has 0 spiro atoms. The van der Waals surface area contributed by atoms with Gasteiger partial charge in [0.05, 0.1) is 0 Å². The van der Waals surface area contributed by atoms with Crippen LogP contribution in [0.1, 0.15) is 19.4 Å². The number of carbonyl (C=O) groups excluding carboxylic acids is 1. The zero-order valence-corrected chi connectivity index (χ0v) is 10.4. The Balaban J connectivity index is 2.22. The predicted octanol–water partition coefficient (Wildman–Crippen LogP) is 1.05. The number of aromatic hydroxyl groups is 1. The molecule has 94 valence electrons. The monoisotopic (exact) mass is 236 g/mol. The molecule has 4 heteroatoms. The van der Waals surface area contributed by atoms with Crippen molar-refractivity contribution in [3.05, 3.63) is 29.8 Å². The lowest BCUT2D eigenvalue weighted by atomic mass is 10.1. The van der Waals surface area contributed by atoms with Crippen molar-refractivity contribution in [3.8, 4) is 5.75 Å². The number of benzene rings is 1. The molecule has 0 aromatic heterocycles. The second kappa shape index (κ2) is 6.91. The number of carbonyl (C=O) groups is 1. The third-order valence-electron chi connectivity index (χ3n) is 2.47. The fourth-order valence-electron chi connectivity index (χ4n) is 1.61. The molecule has 1 atom stereocenters. The first-order chi connectivity index (χ1) is 8.08. The minimum Gasteiger partial charge on any atom is -0.508 e. The molecule has 1 aromatic rings. The first kappa shape index (κ1) is 13.5. The van der Waals surface area contributed by atoms with E-state index in [0.29, 0.717) is 18.3 Å². The average Bonchev–Trinajstić information content (AvgIpc) is 2.27. The molecular formula is C13H20N2O2. The van der Waals surface area contributed by atoms with E-state index in [1.165, 1.54) is 12.5 Å². The second-order valence-corrected chi connectivity index (χ2v) is 4.21. The summed E-state index contributed by atoms with van der Waals surface area (Å²) in [6, 6.07) is 7.56. The Morgan fingerprint density at radius 1 is 1.29 bits per heavy atom. The summed E-state index contributed by atoms with van der Waals surface area (Å²) in [7, 11) is 0. The molecular weight excluding hydrogens is 216 g/mol. The molecule has 0 fully saturated rings. The van der Waals surface area contributed by atoms with Gasteiger partial charge in [-0.3, -0.25) is 4.79 Å². The third-order valence-corrected chi connectivity index (χ3v) is 2.47. The van der Waals surface area contributed by atoms with Crippen molar-refractivity contribution >= 4 is 5.91 Å². The minimum atomic E-state index is -0.00186. The number of rotatable bonds is 6. The van der Waals surface area contributed by atoms with Gasteiger partial charge in [0, 0.05) is 26.1 Å². The van der Waals surface area contributed by atoms with Crippen molar-refractivity contribution < 1.29 is 9.90 Å². The number of nitrogens with one attached hydrogen (secondary N) is 2. The molecule has 0 saturated heterocycles. The molecule has 1 amide bonds. The Hall–Kier alpha value is -1.55. The predicted molar refractivity (Wildman–Crippen MR) is 68.0 cm³/mol. The Bertz CT molecular complexity index is 349. The number of hydrogen-bond donors (Lipinski definition) is 3. The number of phenolic OH excluding ortho intramolecular Hbond substituents is 1. The average molecular weight is 236 g/mol. The van der Waals surface area contributed by atoms with E-state index < -0.39 is 0 Å². The van der Waals surface area contributed by atoms with Gasteiger partial charge in [-0.15, -0.1) is 0 Å². The maximum atomic E-state index is 10.6. The third kappa shape index (κ3) is 5.92. The van der Waals surface area contributed by atoms with Crippen molar-refractivity contribution in [2.45, 2.75) is 26.3 Å². The van der Waals surface area contributed by atoms with Gasteiger partial charge in [-0.2, -0.15) is 0 Å². The molecule has 0 aliphatic heterocycles. The van der Waals surface area contributed by atoms with Gasteiger partial charge in [0.2, 0.25) is 5.91 Å². The fourth-order valence-corrected chi connectivity index (χ4v) is 1.61. The van der Waals surface area contributed by atoms with Crippen molar-refractivity contribution in [2.24, 2.45) is 0 Å². The van der Waals surface area contributed by atoms with Gasteiger partial charge >= 0.3 is 0 Å². The Morgan fingerprint density at radius 2 is 1.94 bits per heavy atom. The highest BCUT2D eigenvalue weighted by Gasteiger charge is 2.02. The highest BCUT2D eigenvalue weighted by molar-refractivity contribution is 5.72. The van der Waals surface area contributed by atoms with Gasteiger partial charge in [0.1, 0.15) is 5.75 Å². The Kier molecular flexibility index (Phi) is 5.49. The van der Waals surface area contributed by atoms with Crippen LogP contribution in [0.4, 0.5) is 0 Å². The van der Waals surface area contributed by atoms with Crippen LogP contribution in [0.5, 0.6) is 5.75 Å². The molecule has 0 aliphatic rings. The summed E-state index contributed by atoms with van der Waals surface area (Å²) in [5.41, 5.74) is 1.18. The summed E-state index contributed by atoms with van der Waals surface area (Å²) < 4.78 is 0. The number of hydrogen-bond acceptors (Lipinski definition) is 3. The molecule has 0 saturated carbocycles. The first-order valence-corrected chi connectivity index (χ1v) is 5.83. The quantitative estimate of drug-likeness (QED) is 0.647. The molecule has 3 N–H and O–H groups in total. The zero-order valence-electron chi connectivity index (χ0n) is 10.4. The first-order valence-electron chi connectivity index (χ1n) is 5.83. The van der Waals surface area contributed by atoms with Gasteiger partial charge in [0.15, 0.2) is 0 Å². The maximum absolute atomic E-state index is 10.6. The van der Waals surface area contributed by atoms with E-state index in [-0.39, 0.29) is 5.91 Å². The van der Waals surface area contributed by atoms with E-state index in [9.17, 15) is 4.79 Å². The molecule has 0 bridgehead atoms. The Morgan fingerprint density at radius 3 is 2.53 bits per heavy atom. The minimum absolute atomic E-state index is 0.00186. The van der Waals surface area contributed by atoms with Crippen LogP contribution in [0.15, 0.2) is 24.3 Å². The second-order valence-electron chi connectivity index (χ2n) is 4.21. The summed E-state index contributed by atoms with van der Waals surface area (Å²) in [6.45, 7) is 5.02. The molecule has 0 heterocycles. The molecule has 4 nitrogen and oxygen atoms in total. The summed E-state index contributed by atoms with van der Waals surface area (Å²) in [6.07, 6.45) is 0.903. The van der Waals surface area contributed by atoms with Crippen molar-refractivity contribution in [1.82, 2.24) is 10.6 Å². The lowest BCUT2D eigenvalue weighted by Gasteiger charge is -2.14. The van der Waals surface area contributed by atoms with Crippen LogP contribution in [-0.2, 0) is 11.2 Å². The normalized spacial score (nSPS) is 12.1. The van der Waals surface area contributed by atoms with E-state index in [1.54, 1.807) is 12.1 Å². The smallest absolute Gasteiger partial charge is 0.216 e. The van der Waals surface area contributed by atoms with Crippen LogP contribution in [0, 0.1) is 0 Å². The van der Waals surface area contributed by atoms with E-state index in [0.717, 1.165) is 13.0 Å². The molecule has 1 unspecified atom stereocenters. The highest BCUT2D eigenvalue weighted by Crippen LogP contribution is 2.10. The topological polar surface area (TPSA) is 61.4 Å². The van der Waals surface area contributed by atoms with Crippen LogP contribution >= 0.6 is 0 Å². The zero-order chi connectivity index (χ0) is 12.7. The fraction of sp³-hybridized carbons (Fsp3) is 0.462. The summed E-state index contributed by atoms with van der Waals surface area (Å²) in [5, 5.41) is 15.2. The summed E-state index contributed by atoms with van der Waals surface area (Å²) in [4.78, 5) is 10.6. The molecule has 17 heavy (non-hydrogen) atoms. The van der Waals surface area contributed by atoms with Gasteiger partial charge < -0.3 is 15.7 Å². The lowest BCUT2D eigenvalue weighted by molar-refractivity contribution is -0.118. The molecule has 1 rings (SSSR count). The van der Waals surface area contributed by atoms with E-state index in [1.807, 2.05) is 12.1 Å². The van der Waals surface area contributed by atoms with E-state index in [2.05, 4.69) is 17.6 Å². The number of amides is 1. The van der Waals surface area contributed by atoms with Crippen molar-refractivity contribution in [3.63, 3.8) is 0 Å². The molecule has 1 aromatic carbocycles. The molecule has 0 radical (unpaired) electrons. The van der Waals surface area contributed by atoms with Gasteiger partial charge in [-0.1, -0.05) is 12.1 Å². The van der Waals surface area contributed by atoms with Crippen LogP contribution in [0.2, 0.25) is 0 Å². The number of phenols is 1. The van der Waals surface area contributed by atoms with Crippen molar-refractivity contribution in [1.29, 1.82) is 0 Å². The largest absolute Gasteiger partial charge is 0.508 e. The molecule has 0 aliphatic carbocycles. The standard InChI is InChI=1S/C13H20N2O2/c1-10(14-7-8-15-11(2)16)9-12-3-5-13(17)6-4-12/h3-6,10,14,17H,7-9H2,1-2H3,(H,15,16). The summed E-state index contributed by atoms with van der Waals surface area (Å²) >= 11 is 0. The van der Waals surface area contributed by atoms with Crippen LogP contribution in [0.25, 0.3) is 0 Å². The highest BCUT2D eigenvalue weighted by atomic mass is 16.3. The lowest BCUT2D eigenvalue weighted by Crippen LogP contribution is -2.35. The van der Waals surface area contributed by atoms with E-state index in [4.69, 9.17) is 5.11 Å². The van der Waals surface area contributed by atoms with Gasteiger partial charge in [0.25, 0.3) is 0 Å². The van der Waals surface area contributed by atoms with Crippen molar-refractivity contribution in [2.75, 3.05) is 13.1 Å². The SMILES string of the molecule is CC(=O)NCCNC(C)Cc1ccc(O)cc1. The van der Waals surface area contributed by atoms with Crippen LogP contribution in [-0.4, -0.2) is 30.1 Å². The van der Waals surface area contributed by atoms with E-state index >= 15 is 0 Å².